The van der Waals surface area contributed by atoms with Gasteiger partial charge in [-0.2, -0.15) is 0 Å². The first-order chi connectivity index (χ1) is 13.3. The second-order valence-electron chi connectivity index (χ2n) is 6.67. The number of nitrogens with two attached hydrogens (primary N) is 1. The van der Waals surface area contributed by atoms with Crippen LogP contribution in [0.25, 0.3) is 11.0 Å². The van der Waals surface area contributed by atoms with Crippen LogP contribution in [0.5, 0.6) is 0 Å². The van der Waals surface area contributed by atoms with E-state index in [1.54, 1.807) is 6.07 Å². The fourth-order valence-electron chi connectivity index (χ4n) is 2.86. The number of aromatic nitrogens is 2. The summed E-state index contributed by atoms with van der Waals surface area (Å²) in [6.07, 6.45) is 1.98. The molecule has 2 aromatic carbocycles. The van der Waals surface area contributed by atoms with E-state index in [4.69, 9.17) is 5.14 Å². The highest BCUT2D eigenvalue weighted by Crippen LogP contribution is 2.27. The quantitative estimate of drug-likeness (QED) is 0.445. The molecule has 1 aromatic heterocycles. The number of fused-ring (bicyclic) bond motifs is 1. The molecule has 3 rings (SSSR count). The van der Waals surface area contributed by atoms with Crippen molar-refractivity contribution in [2.75, 3.05) is 5.75 Å². The number of unbranched alkanes of at least 4 members (excludes halogenated alkanes) is 1. The summed E-state index contributed by atoms with van der Waals surface area (Å²) < 4.78 is 25.3. The average molecular weight is 418 g/mol. The average Bonchev–Trinajstić information content (AvgIpc) is 3.01. The molecule has 0 amide bonds. The Balaban J connectivity index is 1.89. The fourth-order valence-corrected chi connectivity index (χ4v) is 4.33. The SMILES string of the molecule is CCCCn1c(SCC(=O)c2ccc(C)cc2)nc2cc(S(N)(=O)=O)ccc21. The maximum absolute atomic E-state index is 12.5. The number of carbonyl (C=O) groups excluding carboxylic acids is 1. The standard InChI is InChI=1S/C20H23N3O3S2/c1-3-4-11-23-18-10-9-16(28(21,25)26)12-17(18)22-20(23)27-13-19(24)15-7-5-14(2)6-8-15/h5-10,12H,3-4,11,13H2,1-2H3,(H2,21,25,26). The van der Waals surface area contributed by atoms with E-state index in [-0.39, 0.29) is 16.4 Å². The summed E-state index contributed by atoms with van der Waals surface area (Å²) in [5.74, 6) is 0.296. The van der Waals surface area contributed by atoms with Gasteiger partial charge in [-0.3, -0.25) is 4.79 Å². The Labute approximate surface area is 169 Å². The van der Waals surface area contributed by atoms with Crippen LogP contribution in [0.4, 0.5) is 0 Å². The molecular weight excluding hydrogens is 394 g/mol. The Morgan fingerprint density at radius 3 is 2.54 bits per heavy atom. The number of imidazole rings is 1. The summed E-state index contributed by atoms with van der Waals surface area (Å²) in [5.41, 5.74) is 3.18. The number of primary sulfonamides is 1. The maximum Gasteiger partial charge on any atom is 0.238 e. The number of hydrogen-bond acceptors (Lipinski definition) is 5. The van der Waals surface area contributed by atoms with Crippen LogP contribution >= 0.6 is 11.8 Å². The molecule has 6 nitrogen and oxygen atoms in total. The van der Waals surface area contributed by atoms with Crippen LogP contribution in [0.3, 0.4) is 0 Å². The molecule has 148 valence electrons. The number of hydrogen-bond donors (Lipinski definition) is 1. The highest BCUT2D eigenvalue weighted by atomic mass is 32.2. The van der Waals surface area contributed by atoms with Gasteiger partial charge < -0.3 is 4.57 Å². The van der Waals surface area contributed by atoms with E-state index >= 15 is 0 Å². The van der Waals surface area contributed by atoms with Gasteiger partial charge in [0.15, 0.2) is 10.9 Å². The van der Waals surface area contributed by atoms with Crippen molar-refractivity contribution in [1.29, 1.82) is 0 Å². The van der Waals surface area contributed by atoms with Crippen LogP contribution in [-0.4, -0.2) is 29.5 Å². The van der Waals surface area contributed by atoms with Gasteiger partial charge in [0.25, 0.3) is 0 Å². The zero-order valence-electron chi connectivity index (χ0n) is 15.9. The normalized spacial score (nSPS) is 11.8. The van der Waals surface area contributed by atoms with E-state index < -0.39 is 10.0 Å². The number of Topliss-reactive ketones (excluding diaryl/α,β-unsaturated/α-hetero) is 1. The van der Waals surface area contributed by atoms with E-state index in [0.29, 0.717) is 16.2 Å². The van der Waals surface area contributed by atoms with Gasteiger partial charge in [-0.1, -0.05) is 54.9 Å². The van der Waals surface area contributed by atoms with Crippen LogP contribution in [0.15, 0.2) is 52.5 Å². The van der Waals surface area contributed by atoms with Gasteiger partial charge in [0.05, 0.1) is 21.7 Å². The maximum atomic E-state index is 12.5. The summed E-state index contributed by atoms with van der Waals surface area (Å²) in [6, 6.07) is 12.2. The first-order valence-electron chi connectivity index (χ1n) is 9.05. The van der Waals surface area contributed by atoms with Crippen LogP contribution in [0.1, 0.15) is 35.7 Å². The molecule has 8 heteroatoms. The smallest absolute Gasteiger partial charge is 0.238 e. The molecule has 0 fully saturated rings. The molecule has 0 saturated carbocycles. The van der Waals surface area contributed by atoms with Gasteiger partial charge in [-0.25, -0.2) is 18.5 Å². The molecule has 0 aliphatic rings. The molecule has 0 aliphatic heterocycles. The van der Waals surface area contributed by atoms with Gasteiger partial charge in [-0.15, -0.1) is 0 Å². The van der Waals surface area contributed by atoms with Crippen molar-refractivity contribution >= 4 is 38.6 Å². The lowest BCUT2D eigenvalue weighted by Gasteiger charge is -2.08. The van der Waals surface area contributed by atoms with Crippen molar-refractivity contribution in [2.24, 2.45) is 5.14 Å². The van der Waals surface area contributed by atoms with Gasteiger partial charge in [0.2, 0.25) is 10.0 Å². The minimum Gasteiger partial charge on any atom is -0.319 e. The van der Waals surface area contributed by atoms with Gasteiger partial charge in [-0.05, 0) is 31.5 Å². The minimum absolute atomic E-state index is 0.0318. The van der Waals surface area contributed by atoms with Crippen LogP contribution in [0.2, 0.25) is 0 Å². The molecular formula is C20H23N3O3S2. The van der Waals surface area contributed by atoms with Crippen molar-refractivity contribution in [3.05, 3.63) is 53.6 Å². The number of rotatable bonds is 8. The second kappa shape index (κ2) is 8.46. The predicted molar refractivity (Wildman–Crippen MR) is 112 cm³/mol. The van der Waals surface area contributed by atoms with Gasteiger partial charge in [0.1, 0.15) is 0 Å². The van der Waals surface area contributed by atoms with Crippen LogP contribution < -0.4 is 5.14 Å². The summed E-state index contributed by atoms with van der Waals surface area (Å²) in [6.45, 7) is 4.84. The molecule has 0 atom stereocenters. The molecule has 3 aromatic rings. The molecule has 1 heterocycles. The van der Waals surface area contributed by atoms with E-state index in [1.165, 1.54) is 23.9 Å². The summed E-state index contributed by atoms with van der Waals surface area (Å²) >= 11 is 1.37. The molecule has 0 bridgehead atoms. The molecule has 0 saturated heterocycles. The molecule has 0 radical (unpaired) electrons. The lowest BCUT2D eigenvalue weighted by Crippen LogP contribution is -2.11. The number of sulfonamides is 1. The molecule has 0 aliphatic carbocycles. The lowest BCUT2D eigenvalue weighted by atomic mass is 10.1. The Morgan fingerprint density at radius 2 is 1.89 bits per heavy atom. The predicted octanol–water partition coefficient (Wildman–Crippen LogP) is 3.77. The number of aryl methyl sites for hydroxylation is 2. The third-order valence-electron chi connectivity index (χ3n) is 4.45. The highest BCUT2D eigenvalue weighted by molar-refractivity contribution is 7.99. The largest absolute Gasteiger partial charge is 0.319 e. The molecule has 0 spiro atoms. The Morgan fingerprint density at radius 1 is 1.18 bits per heavy atom. The third-order valence-corrected chi connectivity index (χ3v) is 6.34. The zero-order valence-corrected chi connectivity index (χ0v) is 17.5. The fraction of sp³-hybridized carbons (Fsp3) is 0.300. The topological polar surface area (TPSA) is 95.0 Å². The Kier molecular flexibility index (Phi) is 6.22. The van der Waals surface area contributed by atoms with E-state index in [2.05, 4.69) is 11.9 Å². The number of carbonyl (C=O) groups is 1. The number of benzene rings is 2. The Bertz CT molecular complexity index is 1100. The second-order valence-corrected chi connectivity index (χ2v) is 9.18. The summed E-state index contributed by atoms with van der Waals surface area (Å²) in [7, 11) is -3.79. The molecule has 28 heavy (non-hydrogen) atoms. The minimum atomic E-state index is -3.79. The summed E-state index contributed by atoms with van der Waals surface area (Å²) in [5, 5.41) is 5.94. The van der Waals surface area contributed by atoms with Gasteiger partial charge >= 0.3 is 0 Å². The molecule has 0 unspecified atom stereocenters. The van der Waals surface area contributed by atoms with Crippen molar-refractivity contribution < 1.29 is 13.2 Å². The monoisotopic (exact) mass is 417 g/mol. The van der Waals surface area contributed by atoms with E-state index in [1.807, 2.05) is 35.8 Å². The highest BCUT2D eigenvalue weighted by Gasteiger charge is 2.16. The molecule has 2 N–H and O–H groups in total. The first-order valence-corrected chi connectivity index (χ1v) is 11.6. The van der Waals surface area contributed by atoms with Crippen molar-refractivity contribution in [2.45, 2.75) is 43.3 Å². The number of ketones is 1. The van der Waals surface area contributed by atoms with Gasteiger partial charge in [0, 0.05) is 12.1 Å². The first kappa shape index (κ1) is 20.6. The van der Waals surface area contributed by atoms with Crippen LogP contribution in [0, 0.1) is 6.92 Å². The zero-order chi connectivity index (χ0) is 20.3. The number of thioether (sulfide) groups is 1. The van der Waals surface area contributed by atoms with Crippen LogP contribution in [-0.2, 0) is 16.6 Å². The van der Waals surface area contributed by atoms with Crippen molar-refractivity contribution in [3.8, 4) is 0 Å². The van der Waals surface area contributed by atoms with Crippen molar-refractivity contribution in [3.63, 3.8) is 0 Å². The number of nitrogens with zero attached hydrogens (tertiary/aromatic N) is 2. The Hall–Kier alpha value is -2.16. The van der Waals surface area contributed by atoms with E-state index in [0.717, 1.165) is 30.5 Å². The van der Waals surface area contributed by atoms with E-state index in [9.17, 15) is 13.2 Å². The lowest BCUT2D eigenvalue weighted by molar-refractivity contribution is 0.102. The summed E-state index contributed by atoms with van der Waals surface area (Å²) in [4.78, 5) is 17.1. The van der Waals surface area contributed by atoms with Crippen molar-refractivity contribution in [1.82, 2.24) is 9.55 Å². The third kappa shape index (κ3) is 4.63.